The smallest absolute Gasteiger partial charge is 0.251 e. The van der Waals surface area contributed by atoms with Gasteiger partial charge < -0.3 is 4.74 Å². The van der Waals surface area contributed by atoms with Gasteiger partial charge in [0.05, 0.1) is 11.8 Å². The Labute approximate surface area is 204 Å². The molecule has 4 aromatic rings. The van der Waals surface area contributed by atoms with E-state index in [1.807, 2.05) is 29.3 Å². The number of hydrogen-bond acceptors (Lipinski definition) is 4. The Balaban J connectivity index is 1.43. The summed E-state index contributed by atoms with van der Waals surface area (Å²) in [5, 5.41) is 9.67. The maximum absolute atomic E-state index is 13.5. The average molecular weight is 518 g/mol. The van der Waals surface area contributed by atoms with Gasteiger partial charge in [-0.1, -0.05) is 63.9 Å². The fourth-order valence-corrected chi connectivity index (χ4v) is 5.04. The van der Waals surface area contributed by atoms with Crippen LogP contribution in [0.2, 0.25) is 5.02 Å². The quantitative estimate of drug-likeness (QED) is 0.275. The number of rotatable bonds is 3. The Morgan fingerprint density at radius 2 is 1.76 bits per heavy atom. The van der Waals surface area contributed by atoms with Gasteiger partial charge in [0.25, 0.3) is 6.23 Å². The van der Waals surface area contributed by atoms with E-state index >= 15 is 0 Å². The maximum atomic E-state index is 13.5. The lowest BCUT2D eigenvalue weighted by molar-refractivity contribution is -0.00459. The molecule has 2 aliphatic rings. The van der Waals surface area contributed by atoms with E-state index in [0.29, 0.717) is 22.8 Å². The van der Waals surface area contributed by atoms with Crippen molar-refractivity contribution in [1.29, 1.82) is 0 Å². The van der Waals surface area contributed by atoms with Gasteiger partial charge in [-0.25, -0.2) is 5.01 Å². The molecule has 2 heterocycles. The van der Waals surface area contributed by atoms with Crippen LogP contribution in [0.3, 0.4) is 0 Å². The molecule has 0 saturated heterocycles. The predicted octanol–water partition coefficient (Wildman–Crippen LogP) is 7.01. The molecule has 33 heavy (non-hydrogen) atoms. The Hall–Kier alpha value is -3.15. The fourth-order valence-electron chi connectivity index (χ4n) is 4.53. The number of hydrazone groups is 1. The molecule has 0 bridgehead atoms. The number of carbonyl (C=O) groups excluding carboxylic acids is 1. The Morgan fingerprint density at radius 1 is 0.970 bits per heavy atom. The third-order valence-electron chi connectivity index (χ3n) is 6.19. The first-order valence-electron chi connectivity index (χ1n) is 10.7. The SMILES string of the molecule is O=C(c1ccc(Cl)cc1)[C@@H]1Oc2ccc(Br)cc2[C@H]2CC(c3ccc4ccccc4c3)=NN21. The Kier molecular flexibility index (Phi) is 4.97. The average Bonchev–Trinajstić information content (AvgIpc) is 3.29. The van der Waals surface area contributed by atoms with Gasteiger partial charge in [-0.3, -0.25) is 4.79 Å². The Bertz CT molecular complexity index is 1430. The van der Waals surface area contributed by atoms with E-state index in [0.717, 1.165) is 26.7 Å². The van der Waals surface area contributed by atoms with Crippen molar-refractivity contribution >= 4 is 49.8 Å². The summed E-state index contributed by atoms with van der Waals surface area (Å²) in [5.41, 5.74) is 3.55. The lowest BCUT2D eigenvalue weighted by Gasteiger charge is -2.37. The fraction of sp³-hybridized carbons (Fsp3) is 0.111. The van der Waals surface area contributed by atoms with Crippen LogP contribution < -0.4 is 4.74 Å². The van der Waals surface area contributed by atoms with Gasteiger partial charge in [-0.2, -0.15) is 5.10 Å². The van der Waals surface area contributed by atoms with Gasteiger partial charge in [0.2, 0.25) is 5.78 Å². The van der Waals surface area contributed by atoms with Crippen LogP contribution in [0.1, 0.15) is 33.9 Å². The van der Waals surface area contributed by atoms with E-state index in [1.165, 1.54) is 5.39 Å². The summed E-state index contributed by atoms with van der Waals surface area (Å²) >= 11 is 9.59. The minimum absolute atomic E-state index is 0.0889. The first-order valence-corrected chi connectivity index (χ1v) is 11.8. The van der Waals surface area contributed by atoms with Crippen LogP contribution in [0.25, 0.3) is 10.8 Å². The summed E-state index contributed by atoms with van der Waals surface area (Å²) in [4.78, 5) is 13.5. The number of ketones is 1. The third-order valence-corrected chi connectivity index (χ3v) is 6.93. The number of nitrogens with zero attached hydrogens (tertiary/aromatic N) is 2. The minimum atomic E-state index is -0.845. The highest BCUT2D eigenvalue weighted by Crippen LogP contribution is 2.44. The molecule has 0 radical (unpaired) electrons. The largest absolute Gasteiger partial charge is 0.461 e. The minimum Gasteiger partial charge on any atom is -0.461 e. The molecule has 0 spiro atoms. The van der Waals surface area contributed by atoms with Crippen molar-refractivity contribution in [3.8, 4) is 5.75 Å². The number of halogens is 2. The van der Waals surface area contributed by atoms with E-state index < -0.39 is 6.23 Å². The normalized spacial score (nSPS) is 19.0. The Morgan fingerprint density at radius 3 is 2.58 bits per heavy atom. The second kappa shape index (κ2) is 8.01. The molecule has 162 valence electrons. The van der Waals surface area contributed by atoms with Crippen molar-refractivity contribution in [3.05, 3.63) is 111 Å². The molecule has 0 aromatic heterocycles. The van der Waals surface area contributed by atoms with Crippen LogP contribution in [-0.4, -0.2) is 22.7 Å². The number of hydrogen-bond donors (Lipinski definition) is 0. The summed E-state index contributed by atoms with van der Waals surface area (Å²) in [7, 11) is 0. The van der Waals surface area contributed by atoms with Crippen LogP contribution in [-0.2, 0) is 0 Å². The van der Waals surface area contributed by atoms with Gasteiger partial charge >= 0.3 is 0 Å². The van der Waals surface area contributed by atoms with E-state index in [2.05, 4.69) is 52.3 Å². The molecular weight excluding hydrogens is 500 g/mol. The summed E-state index contributed by atoms with van der Waals surface area (Å²) in [6.45, 7) is 0. The molecule has 0 fully saturated rings. The van der Waals surface area contributed by atoms with Gasteiger partial charge in [-0.05, 0) is 64.9 Å². The lowest BCUT2D eigenvalue weighted by Crippen LogP contribution is -2.45. The second-order valence-electron chi connectivity index (χ2n) is 8.23. The molecule has 2 atom stereocenters. The monoisotopic (exact) mass is 516 g/mol. The van der Waals surface area contributed by atoms with Gasteiger partial charge in [0.1, 0.15) is 5.75 Å². The molecular formula is C27H18BrClN2O2. The molecule has 6 rings (SSSR count). The zero-order valence-corrected chi connectivity index (χ0v) is 19.8. The third kappa shape index (κ3) is 3.62. The zero-order valence-electron chi connectivity index (χ0n) is 17.4. The number of fused-ring (bicyclic) bond motifs is 4. The molecule has 0 amide bonds. The zero-order chi connectivity index (χ0) is 22.5. The molecule has 0 unspecified atom stereocenters. The standard InChI is InChI=1S/C27H18BrClN2O2/c28-20-9-12-25-22(14-20)24-15-23(19-6-5-16-3-1-2-4-18(16)13-19)30-31(24)27(33-25)26(32)17-7-10-21(29)11-8-17/h1-14,24,27H,15H2/t24-,27+/m1/s1. The lowest BCUT2D eigenvalue weighted by atomic mass is 9.95. The highest BCUT2D eigenvalue weighted by Gasteiger charge is 2.43. The highest BCUT2D eigenvalue weighted by atomic mass is 79.9. The molecule has 2 aliphatic heterocycles. The van der Waals surface area contributed by atoms with Crippen LogP contribution in [0.5, 0.6) is 5.75 Å². The van der Waals surface area contributed by atoms with Crippen molar-refractivity contribution in [2.75, 3.05) is 0 Å². The summed E-state index contributed by atoms with van der Waals surface area (Å²) in [5.74, 6) is 0.565. The molecule has 4 nitrogen and oxygen atoms in total. The van der Waals surface area contributed by atoms with Gasteiger partial charge in [0, 0.05) is 27.0 Å². The molecule has 6 heteroatoms. The highest BCUT2D eigenvalue weighted by molar-refractivity contribution is 9.10. The van der Waals surface area contributed by atoms with E-state index in [4.69, 9.17) is 21.4 Å². The predicted molar refractivity (Wildman–Crippen MR) is 134 cm³/mol. The molecule has 0 saturated carbocycles. The van der Waals surface area contributed by atoms with Crippen molar-refractivity contribution in [1.82, 2.24) is 5.01 Å². The van der Waals surface area contributed by atoms with Crippen molar-refractivity contribution < 1.29 is 9.53 Å². The number of benzene rings is 4. The van der Waals surface area contributed by atoms with Crippen molar-refractivity contribution in [2.24, 2.45) is 5.10 Å². The van der Waals surface area contributed by atoms with Crippen LogP contribution in [0.4, 0.5) is 0 Å². The van der Waals surface area contributed by atoms with Crippen molar-refractivity contribution in [2.45, 2.75) is 18.7 Å². The van der Waals surface area contributed by atoms with Gasteiger partial charge in [-0.15, -0.1) is 0 Å². The van der Waals surface area contributed by atoms with E-state index in [1.54, 1.807) is 24.3 Å². The molecule has 0 N–H and O–H groups in total. The first kappa shape index (κ1) is 20.5. The van der Waals surface area contributed by atoms with Gasteiger partial charge in [0.15, 0.2) is 0 Å². The first-order chi connectivity index (χ1) is 16.1. The molecule has 0 aliphatic carbocycles. The van der Waals surface area contributed by atoms with Crippen LogP contribution in [0.15, 0.2) is 94.5 Å². The number of carbonyl (C=O) groups is 1. The van der Waals surface area contributed by atoms with E-state index in [-0.39, 0.29) is 11.8 Å². The second-order valence-corrected chi connectivity index (χ2v) is 9.58. The van der Waals surface area contributed by atoms with Crippen molar-refractivity contribution in [3.63, 3.8) is 0 Å². The van der Waals surface area contributed by atoms with Crippen LogP contribution in [0, 0.1) is 0 Å². The topological polar surface area (TPSA) is 41.9 Å². The number of Topliss-reactive ketones (excluding diaryl/α,β-unsaturated/α-hetero) is 1. The number of ether oxygens (including phenoxy) is 1. The van der Waals surface area contributed by atoms with Crippen LogP contribution >= 0.6 is 27.5 Å². The summed E-state index contributed by atoms with van der Waals surface area (Å²) in [6.07, 6.45) is -0.155. The van der Waals surface area contributed by atoms with E-state index in [9.17, 15) is 4.79 Å². The molecule has 4 aromatic carbocycles. The maximum Gasteiger partial charge on any atom is 0.251 e. The summed E-state index contributed by atoms with van der Waals surface area (Å²) in [6, 6.07) is 27.3. The summed E-state index contributed by atoms with van der Waals surface area (Å²) < 4.78 is 7.18.